The van der Waals surface area contributed by atoms with E-state index >= 15 is 0 Å². The van der Waals surface area contributed by atoms with Gasteiger partial charge in [-0.05, 0) is 0 Å². The normalized spacial score (nSPS) is 17.5. The first kappa shape index (κ1) is 16.7. The van der Waals surface area contributed by atoms with Gasteiger partial charge < -0.3 is 0 Å². The van der Waals surface area contributed by atoms with Crippen LogP contribution >= 0.6 is 43.4 Å². The Morgan fingerprint density at radius 2 is 1.20 bits per heavy atom. The van der Waals surface area contributed by atoms with Gasteiger partial charge in [-0.1, -0.05) is 0 Å². The van der Waals surface area contributed by atoms with Crippen LogP contribution in [0.4, 0.5) is 0 Å². The molecule has 15 heavy (non-hydrogen) atoms. The van der Waals surface area contributed by atoms with E-state index in [1.165, 1.54) is 0 Å². The van der Waals surface area contributed by atoms with Crippen LogP contribution in [0.5, 0.6) is 0 Å². The molecule has 0 spiro atoms. The molecule has 94 valence electrons. The Kier molecular flexibility index (Phi) is 9.70. The molecule has 0 fully saturated rings. The molecule has 0 amide bonds. The fourth-order valence-corrected chi connectivity index (χ4v) is 11.8. The first-order valence-electron chi connectivity index (χ1n) is 5.37. The number of alkyl halides is 2. The maximum atomic E-state index is 6.35. The van der Waals surface area contributed by atoms with Crippen molar-refractivity contribution < 1.29 is 0 Å². The Morgan fingerprint density at radius 1 is 0.867 bits per heavy atom. The van der Waals surface area contributed by atoms with Gasteiger partial charge in [0.15, 0.2) is 0 Å². The van der Waals surface area contributed by atoms with Gasteiger partial charge in [0.2, 0.25) is 0 Å². The summed E-state index contributed by atoms with van der Waals surface area (Å²) >= 11 is 9.90. The van der Waals surface area contributed by atoms with Crippen LogP contribution in [0.25, 0.3) is 0 Å². The summed E-state index contributed by atoms with van der Waals surface area (Å²) in [6, 6.07) is 0. The monoisotopic (exact) mass is 360 g/mol. The minimum atomic E-state index is -2.40. The Labute approximate surface area is 115 Å². The van der Waals surface area contributed by atoms with Crippen LogP contribution in [0.15, 0.2) is 0 Å². The van der Waals surface area contributed by atoms with Crippen molar-refractivity contribution >= 4 is 54.4 Å². The van der Waals surface area contributed by atoms with E-state index in [0.29, 0.717) is 0 Å². The van der Waals surface area contributed by atoms with Crippen LogP contribution in [0.3, 0.4) is 0 Å². The molecule has 0 bridgehead atoms. The zero-order valence-corrected chi connectivity index (χ0v) is 14.1. The van der Waals surface area contributed by atoms with Crippen molar-refractivity contribution in [2.75, 3.05) is 0 Å². The predicted molar refractivity (Wildman–Crippen MR) is 76.2 cm³/mol. The third kappa shape index (κ3) is 9.39. The number of rotatable bonds is 8. The molecule has 0 aliphatic carbocycles. The van der Waals surface area contributed by atoms with Gasteiger partial charge in [0.25, 0.3) is 0 Å². The second kappa shape index (κ2) is 8.72. The summed E-state index contributed by atoms with van der Waals surface area (Å²) in [5.74, 6) is 0. The van der Waals surface area contributed by atoms with Gasteiger partial charge in [0.05, 0.1) is 0 Å². The van der Waals surface area contributed by atoms with Crippen molar-refractivity contribution in [3.8, 4) is 0 Å². The molecule has 2 atom stereocenters. The molecule has 0 radical (unpaired) electrons. The van der Waals surface area contributed by atoms with E-state index in [0.717, 1.165) is 36.3 Å². The topological polar surface area (TPSA) is 0 Å². The molecule has 0 aliphatic rings. The van der Waals surface area contributed by atoms with Gasteiger partial charge in [-0.2, -0.15) is 0 Å². The molecule has 0 heterocycles. The van der Waals surface area contributed by atoms with Gasteiger partial charge in [0.1, 0.15) is 0 Å². The second-order valence-electron chi connectivity index (χ2n) is 3.80. The molecule has 0 aliphatic heterocycles. The molecule has 0 saturated heterocycles. The molecule has 0 saturated carbocycles. The fourth-order valence-electron chi connectivity index (χ4n) is 1.39. The maximum absolute atomic E-state index is 6.35. The summed E-state index contributed by atoms with van der Waals surface area (Å²) < 4.78 is 0. The van der Waals surface area contributed by atoms with Crippen LogP contribution < -0.4 is 0 Å². The first-order valence-corrected chi connectivity index (χ1v) is 13.2. The van der Waals surface area contributed by atoms with Crippen molar-refractivity contribution in [2.45, 2.75) is 60.9 Å². The summed E-state index contributed by atoms with van der Waals surface area (Å²) in [5, 5.41) is 1.77. The van der Waals surface area contributed by atoms with Crippen molar-refractivity contribution in [2.24, 2.45) is 0 Å². The van der Waals surface area contributed by atoms with E-state index in [9.17, 15) is 0 Å². The second-order valence-corrected chi connectivity index (χ2v) is 16.3. The minimum absolute atomic E-state index is 0.121. The molecule has 5 heteroatoms. The fraction of sp³-hybridized carbons (Fsp3) is 1.00. The average molecular weight is 361 g/mol. The molecule has 0 aromatic heterocycles. The summed E-state index contributed by atoms with van der Waals surface area (Å²) in [4.78, 5) is 0. The van der Waals surface area contributed by atoms with Crippen LogP contribution in [-0.2, 0) is 0 Å². The molecule has 0 N–H and O–H groups in total. The van der Waals surface area contributed by atoms with Crippen LogP contribution in [0.1, 0.15) is 39.5 Å². The number of hydrogen-bond donors (Lipinski definition) is 0. The van der Waals surface area contributed by atoms with Gasteiger partial charge >= 0.3 is 115 Å². The first-order chi connectivity index (χ1) is 6.91. The molecule has 0 nitrogen and oxygen atoms in total. The number of halogens is 4. The van der Waals surface area contributed by atoms with Crippen LogP contribution in [0.2, 0.25) is 10.6 Å². The van der Waals surface area contributed by atoms with Crippen molar-refractivity contribution in [3.63, 3.8) is 0 Å². The van der Waals surface area contributed by atoms with Gasteiger partial charge in [-0.25, -0.2) is 0 Å². The van der Waals surface area contributed by atoms with Gasteiger partial charge in [-0.3, -0.25) is 0 Å². The number of hydrogen-bond acceptors (Lipinski definition) is 0. The summed E-state index contributed by atoms with van der Waals surface area (Å²) in [6.45, 7) is 4.23. The van der Waals surface area contributed by atoms with E-state index in [-0.39, 0.29) is 10.8 Å². The Morgan fingerprint density at radius 3 is 1.47 bits per heavy atom. The quantitative estimate of drug-likeness (QED) is 0.383. The Hall–Kier alpha value is 1.68. The van der Waals surface area contributed by atoms with Crippen molar-refractivity contribution in [3.05, 3.63) is 0 Å². The third-order valence-electron chi connectivity index (χ3n) is 2.05. The van der Waals surface area contributed by atoms with E-state index in [2.05, 4.69) is 13.8 Å². The third-order valence-corrected chi connectivity index (χ3v) is 9.98. The summed E-state index contributed by atoms with van der Waals surface area (Å²) in [6.07, 6.45) is 4.13. The standard InChI is InChI=1S/C10H20Cl4Se/c1-3-5-9(11)7-15(13,14)8-10(12)6-4-2/h9-10H,3-8H2,1-2H3. The zero-order chi connectivity index (χ0) is 11.9. The Bertz CT molecular complexity index is 148. The van der Waals surface area contributed by atoms with E-state index in [1.807, 2.05) is 0 Å². The summed E-state index contributed by atoms with van der Waals surface area (Å²) in [5.41, 5.74) is 0. The van der Waals surface area contributed by atoms with Gasteiger partial charge in [-0.15, -0.1) is 0 Å². The molecule has 0 aromatic rings. The Balaban J connectivity index is 3.94. The molecule has 2 unspecified atom stereocenters. The van der Waals surface area contributed by atoms with Crippen LogP contribution in [0, 0.1) is 0 Å². The van der Waals surface area contributed by atoms with Gasteiger partial charge in [0, 0.05) is 0 Å². The molecular weight excluding hydrogens is 341 g/mol. The average Bonchev–Trinajstić information content (AvgIpc) is 2.01. The van der Waals surface area contributed by atoms with Crippen molar-refractivity contribution in [1.82, 2.24) is 0 Å². The summed E-state index contributed by atoms with van der Waals surface area (Å²) in [7, 11) is 12.7. The predicted octanol–water partition coefficient (Wildman–Crippen LogP) is 5.72. The molecule has 0 rings (SSSR count). The SMILES string of the molecule is CCCC(Cl)C[Se](Cl)(Cl)CC(Cl)CCC. The van der Waals surface area contributed by atoms with Crippen molar-refractivity contribution in [1.29, 1.82) is 0 Å². The van der Waals surface area contributed by atoms with E-state index in [1.54, 1.807) is 0 Å². The molecular formula is C10H20Cl4Se. The van der Waals surface area contributed by atoms with E-state index < -0.39 is 11.0 Å². The van der Waals surface area contributed by atoms with E-state index in [4.69, 9.17) is 43.4 Å². The molecule has 0 aromatic carbocycles. The zero-order valence-electron chi connectivity index (χ0n) is 9.32. The van der Waals surface area contributed by atoms with Crippen LogP contribution in [-0.4, -0.2) is 21.8 Å².